The van der Waals surface area contributed by atoms with Gasteiger partial charge in [0.1, 0.15) is 0 Å². The van der Waals surface area contributed by atoms with Crippen molar-refractivity contribution in [1.82, 2.24) is 4.90 Å². The predicted molar refractivity (Wildman–Crippen MR) is 99.0 cm³/mol. The Kier molecular flexibility index (Phi) is 4.04. The summed E-state index contributed by atoms with van der Waals surface area (Å²) >= 11 is 1.91. The van der Waals surface area contributed by atoms with Crippen molar-refractivity contribution in [1.29, 1.82) is 0 Å². The van der Waals surface area contributed by atoms with E-state index in [4.69, 9.17) is 0 Å². The monoisotopic (exact) mass is 321 g/mol. The van der Waals surface area contributed by atoms with E-state index in [1.54, 1.807) is 5.57 Å². The number of hydrogen-bond donors (Lipinski definition) is 0. The van der Waals surface area contributed by atoms with E-state index in [0.717, 1.165) is 0 Å². The Balaban J connectivity index is 1.81. The molecule has 0 saturated carbocycles. The summed E-state index contributed by atoms with van der Waals surface area (Å²) in [4.78, 5) is 5.40. The minimum absolute atomic E-state index is 0.656. The molecule has 4 rings (SSSR count). The lowest BCUT2D eigenvalue weighted by Gasteiger charge is -2.34. The molecule has 23 heavy (non-hydrogen) atoms. The van der Waals surface area contributed by atoms with Gasteiger partial charge in [-0.05, 0) is 55.5 Å². The van der Waals surface area contributed by atoms with Crippen LogP contribution >= 0.6 is 11.8 Å². The van der Waals surface area contributed by atoms with Crippen molar-refractivity contribution in [3.63, 3.8) is 0 Å². The van der Waals surface area contributed by atoms with Crippen molar-refractivity contribution in [3.05, 3.63) is 65.2 Å². The molecule has 2 aromatic carbocycles. The number of rotatable bonds is 1. The van der Waals surface area contributed by atoms with E-state index in [1.165, 1.54) is 52.4 Å². The van der Waals surface area contributed by atoms with Crippen LogP contribution in [-0.2, 0) is 0 Å². The lowest BCUT2D eigenvalue weighted by Crippen LogP contribution is -2.36. The molecule has 2 heterocycles. The molecular formula is C21H23NS. The summed E-state index contributed by atoms with van der Waals surface area (Å²) in [6, 6.07) is 18.5. The zero-order valence-electron chi connectivity index (χ0n) is 13.9. The van der Waals surface area contributed by atoms with Gasteiger partial charge in [-0.1, -0.05) is 53.7 Å². The Hall–Kier alpha value is -1.51. The number of fused-ring (bicyclic) bond motifs is 2. The molecule has 0 aromatic heterocycles. The van der Waals surface area contributed by atoms with Gasteiger partial charge in [-0.2, -0.15) is 0 Å². The van der Waals surface area contributed by atoms with Gasteiger partial charge in [-0.25, -0.2) is 0 Å². The second-order valence-electron chi connectivity index (χ2n) is 6.70. The third-order valence-electron chi connectivity index (χ3n) is 5.02. The topological polar surface area (TPSA) is 3.24 Å². The Morgan fingerprint density at radius 3 is 1.87 bits per heavy atom. The van der Waals surface area contributed by atoms with Crippen molar-refractivity contribution in [2.24, 2.45) is 0 Å². The van der Waals surface area contributed by atoms with Gasteiger partial charge in [0, 0.05) is 28.9 Å². The molecule has 1 nitrogen and oxygen atoms in total. The van der Waals surface area contributed by atoms with Gasteiger partial charge in [-0.3, -0.25) is 0 Å². The maximum absolute atomic E-state index is 2.60. The summed E-state index contributed by atoms with van der Waals surface area (Å²) in [7, 11) is 0. The molecular weight excluding hydrogens is 298 g/mol. The fourth-order valence-electron chi connectivity index (χ4n) is 3.73. The lowest BCUT2D eigenvalue weighted by atomic mass is 9.88. The molecule has 2 aliphatic rings. The number of benzene rings is 2. The Labute approximate surface area is 143 Å². The molecule has 118 valence electrons. The summed E-state index contributed by atoms with van der Waals surface area (Å²) in [5.74, 6) is 0. The highest BCUT2D eigenvalue weighted by Gasteiger charge is 2.25. The van der Waals surface area contributed by atoms with Crippen LogP contribution in [0.25, 0.3) is 5.57 Å². The SMILES string of the molecule is CC(C)N1CCC(=C2c3ccccc3Sc3ccccc32)CC1. The average Bonchev–Trinajstić information content (AvgIpc) is 2.59. The van der Waals surface area contributed by atoms with Gasteiger partial charge in [0.15, 0.2) is 0 Å². The first kappa shape index (κ1) is 15.0. The summed E-state index contributed by atoms with van der Waals surface area (Å²) in [6.07, 6.45) is 2.39. The van der Waals surface area contributed by atoms with E-state index < -0.39 is 0 Å². The number of piperidine rings is 1. The summed E-state index contributed by atoms with van der Waals surface area (Å²) in [5.41, 5.74) is 6.02. The minimum atomic E-state index is 0.656. The van der Waals surface area contributed by atoms with Crippen molar-refractivity contribution in [3.8, 4) is 0 Å². The molecule has 0 atom stereocenters. The highest BCUT2D eigenvalue weighted by atomic mass is 32.2. The van der Waals surface area contributed by atoms with Crippen LogP contribution in [0.1, 0.15) is 37.8 Å². The second-order valence-corrected chi connectivity index (χ2v) is 7.79. The predicted octanol–water partition coefficient (Wildman–Crippen LogP) is 5.46. The van der Waals surface area contributed by atoms with Crippen LogP contribution in [0, 0.1) is 0 Å². The summed E-state index contributed by atoms with van der Waals surface area (Å²) in [6.45, 7) is 6.99. The molecule has 0 aliphatic carbocycles. The minimum Gasteiger partial charge on any atom is -0.300 e. The van der Waals surface area contributed by atoms with Crippen LogP contribution in [0.15, 0.2) is 63.9 Å². The first-order valence-electron chi connectivity index (χ1n) is 8.57. The van der Waals surface area contributed by atoms with E-state index >= 15 is 0 Å². The molecule has 0 bridgehead atoms. The van der Waals surface area contributed by atoms with Gasteiger partial charge in [-0.15, -0.1) is 0 Å². The fourth-order valence-corrected chi connectivity index (χ4v) is 4.82. The normalized spacial score (nSPS) is 18.0. The molecule has 0 unspecified atom stereocenters. The smallest absolute Gasteiger partial charge is 0.0201 e. The van der Waals surface area contributed by atoms with Crippen molar-refractivity contribution in [2.75, 3.05) is 13.1 Å². The van der Waals surface area contributed by atoms with E-state index in [0.29, 0.717) is 6.04 Å². The van der Waals surface area contributed by atoms with Gasteiger partial charge in [0.2, 0.25) is 0 Å². The zero-order chi connectivity index (χ0) is 15.8. The molecule has 0 amide bonds. The van der Waals surface area contributed by atoms with Crippen LogP contribution in [0.4, 0.5) is 0 Å². The maximum atomic E-state index is 2.60. The van der Waals surface area contributed by atoms with Crippen molar-refractivity contribution < 1.29 is 0 Å². The van der Waals surface area contributed by atoms with Crippen LogP contribution in [0.3, 0.4) is 0 Å². The zero-order valence-corrected chi connectivity index (χ0v) is 14.7. The molecule has 0 radical (unpaired) electrons. The quantitative estimate of drug-likeness (QED) is 0.586. The molecule has 0 spiro atoms. The number of hydrogen-bond acceptors (Lipinski definition) is 2. The molecule has 2 aliphatic heterocycles. The van der Waals surface area contributed by atoms with E-state index in [2.05, 4.69) is 67.3 Å². The fraction of sp³-hybridized carbons (Fsp3) is 0.333. The van der Waals surface area contributed by atoms with E-state index in [1.807, 2.05) is 11.8 Å². The highest BCUT2D eigenvalue weighted by Crippen LogP contribution is 2.47. The molecule has 1 fully saturated rings. The second kappa shape index (κ2) is 6.18. The molecule has 2 aromatic rings. The average molecular weight is 321 g/mol. The lowest BCUT2D eigenvalue weighted by molar-refractivity contribution is 0.207. The molecule has 0 N–H and O–H groups in total. The van der Waals surface area contributed by atoms with Crippen LogP contribution in [0.2, 0.25) is 0 Å². The largest absolute Gasteiger partial charge is 0.300 e. The van der Waals surface area contributed by atoms with Crippen molar-refractivity contribution >= 4 is 17.3 Å². The summed E-state index contributed by atoms with van der Waals surface area (Å²) in [5, 5.41) is 0. The molecule has 2 heteroatoms. The Morgan fingerprint density at radius 1 is 0.826 bits per heavy atom. The Morgan fingerprint density at radius 2 is 1.35 bits per heavy atom. The van der Waals surface area contributed by atoms with Gasteiger partial charge >= 0.3 is 0 Å². The van der Waals surface area contributed by atoms with Crippen LogP contribution in [-0.4, -0.2) is 24.0 Å². The third kappa shape index (κ3) is 2.75. The van der Waals surface area contributed by atoms with E-state index in [-0.39, 0.29) is 0 Å². The Bertz CT molecular complexity index is 702. The highest BCUT2D eigenvalue weighted by molar-refractivity contribution is 7.99. The first-order valence-corrected chi connectivity index (χ1v) is 9.38. The standard InChI is InChI=1S/C21H23NS/c1-15(2)22-13-11-16(12-14-22)21-17-7-3-5-9-19(17)23-20-10-6-4-8-18(20)21/h3-10,15H,11-14H2,1-2H3. The number of likely N-dealkylation sites (tertiary alicyclic amines) is 1. The van der Waals surface area contributed by atoms with Crippen molar-refractivity contribution in [2.45, 2.75) is 42.5 Å². The van der Waals surface area contributed by atoms with Gasteiger partial charge in [0.05, 0.1) is 0 Å². The number of nitrogens with zero attached hydrogens (tertiary/aromatic N) is 1. The third-order valence-corrected chi connectivity index (χ3v) is 6.17. The van der Waals surface area contributed by atoms with E-state index in [9.17, 15) is 0 Å². The van der Waals surface area contributed by atoms with Crippen LogP contribution in [0.5, 0.6) is 0 Å². The van der Waals surface area contributed by atoms with Gasteiger partial charge in [0.25, 0.3) is 0 Å². The maximum Gasteiger partial charge on any atom is 0.0201 e. The van der Waals surface area contributed by atoms with Crippen LogP contribution < -0.4 is 0 Å². The molecule has 1 saturated heterocycles. The first-order chi connectivity index (χ1) is 11.2. The summed E-state index contributed by atoms with van der Waals surface area (Å²) < 4.78 is 0. The van der Waals surface area contributed by atoms with Gasteiger partial charge < -0.3 is 4.90 Å².